The van der Waals surface area contributed by atoms with Crippen LogP contribution in [0.3, 0.4) is 0 Å². The molecule has 0 saturated heterocycles. The fourth-order valence-corrected chi connectivity index (χ4v) is 2.05. The Hall–Kier alpha value is -1.68. The summed E-state index contributed by atoms with van der Waals surface area (Å²) in [4.78, 5) is 9.06. The van der Waals surface area contributed by atoms with Crippen LogP contribution in [0.2, 0.25) is 5.02 Å². The molecule has 1 aromatic carbocycles. The van der Waals surface area contributed by atoms with Gasteiger partial charge in [-0.25, -0.2) is 14.4 Å². The van der Waals surface area contributed by atoms with E-state index >= 15 is 0 Å². The van der Waals surface area contributed by atoms with Crippen molar-refractivity contribution in [1.82, 2.24) is 9.97 Å². The van der Waals surface area contributed by atoms with E-state index in [1.807, 2.05) is 19.9 Å². The summed E-state index contributed by atoms with van der Waals surface area (Å²) in [5, 5.41) is 3.37. The minimum absolute atomic E-state index is 0.0975. The molecule has 0 bridgehead atoms. The highest BCUT2D eigenvalue weighted by atomic mass is 35.5. The van der Waals surface area contributed by atoms with Crippen LogP contribution in [0.5, 0.6) is 0 Å². The van der Waals surface area contributed by atoms with Gasteiger partial charge < -0.3 is 5.32 Å². The van der Waals surface area contributed by atoms with Crippen LogP contribution in [0.15, 0.2) is 24.3 Å². The molecule has 2 aromatic rings. The Morgan fingerprint density at radius 2 is 2.00 bits per heavy atom. The third-order valence-electron chi connectivity index (χ3n) is 3.03. The number of hydrogen-bond donors (Lipinski definition) is 1. The van der Waals surface area contributed by atoms with Crippen molar-refractivity contribution >= 4 is 17.4 Å². The van der Waals surface area contributed by atoms with E-state index in [1.54, 1.807) is 12.1 Å². The molecule has 0 atom stereocenters. The van der Waals surface area contributed by atoms with Gasteiger partial charge in [0, 0.05) is 24.1 Å². The van der Waals surface area contributed by atoms with Gasteiger partial charge in [-0.2, -0.15) is 0 Å². The highest BCUT2D eigenvalue weighted by Crippen LogP contribution is 2.26. The molecule has 21 heavy (non-hydrogen) atoms. The fourth-order valence-electron chi connectivity index (χ4n) is 1.87. The average molecular weight is 308 g/mol. The number of anilines is 1. The van der Waals surface area contributed by atoms with Crippen molar-refractivity contribution in [3.8, 4) is 11.3 Å². The van der Waals surface area contributed by atoms with Crippen molar-refractivity contribution in [2.75, 3.05) is 11.9 Å². The molecule has 1 aromatic heterocycles. The first-order valence-corrected chi connectivity index (χ1v) is 7.47. The van der Waals surface area contributed by atoms with Gasteiger partial charge in [0.1, 0.15) is 17.5 Å². The molecule has 0 spiro atoms. The van der Waals surface area contributed by atoms with E-state index in [4.69, 9.17) is 11.6 Å². The number of hydrogen-bond acceptors (Lipinski definition) is 3. The molecule has 1 heterocycles. The Kier molecular flexibility index (Phi) is 5.12. The van der Waals surface area contributed by atoms with Crippen LogP contribution < -0.4 is 5.32 Å². The van der Waals surface area contributed by atoms with Gasteiger partial charge in [-0.1, -0.05) is 32.4 Å². The third-order valence-corrected chi connectivity index (χ3v) is 3.32. The molecule has 0 aliphatic carbocycles. The SMILES string of the molecule is CCCNc1cc(-c2ccc(F)c(Cl)c2)nc(C(C)C)n1. The Bertz CT molecular complexity index is 629. The van der Waals surface area contributed by atoms with Gasteiger partial charge in [0.05, 0.1) is 10.7 Å². The lowest BCUT2D eigenvalue weighted by Crippen LogP contribution is -2.07. The van der Waals surface area contributed by atoms with Crippen LogP contribution in [0.25, 0.3) is 11.3 Å². The van der Waals surface area contributed by atoms with Crippen molar-refractivity contribution in [2.24, 2.45) is 0 Å². The Morgan fingerprint density at radius 3 is 2.62 bits per heavy atom. The lowest BCUT2D eigenvalue weighted by atomic mass is 10.1. The summed E-state index contributed by atoms with van der Waals surface area (Å²) in [5.41, 5.74) is 1.53. The van der Waals surface area contributed by atoms with E-state index in [1.165, 1.54) is 6.07 Å². The van der Waals surface area contributed by atoms with Gasteiger partial charge in [-0.15, -0.1) is 0 Å². The van der Waals surface area contributed by atoms with Crippen molar-refractivity contribution < 1.29 is 4.39 Å². The molecule has 3 nitrogen and oxygen atoms in total. The van der Waals surface area contributed by atoms with E-state index in [0.29, 0.717) is 0 Å². The molecule has 0 radical (unpaired) electrons. The summed E-state index contributed by atoms with van der Waals surface area (Å²) in [6.45, 7) is 7.02. The number of benzene rings is 1. The maximum atomic E-state index is 13.3. The number of aromatic nitrogens is 2. The standard InChI is InChI=1S/C16H19ClFN3/c1-4-7-19-15-9-14(20-16(21-15)10(2)3)11-5-6-13(18)12(17)8-11/h5-6,8-10H,4,7H2,1-3H3,(H,19,20,21). The maximum Gasteiger partial charge on any atom is 0.141 e. The van der Waals surface area contributed by atoms with Gasteiger partial charge in [0.2, 0.25) is 0 Å². The molecule has 0 amide bonds. The first-order valence-electron chi connectivity index (χ1n) is 7.09. The van der Waals surface area contributed by atoms with Gasteiger partial charge in [-0.05, 0) is 24.6 Å². The predicted molar refractivity (Wildman–Crippen MR) is 85.3 cm³/mol. The second kappa shape index (κ2) is 6.85. The molecule has 5 heteroatoms. The molecule has 1 N–H and O–H groups in total. The molecule has 112 valence electrons. The molecule has 0 aliphatic rings. The normalized spacial score (nSPS) is 11.0. The smallest absolute Gasteiger partial charge is 0.141 e. The van der Waals surface area contributed by atoms with Gasteiger partial charge in [0.25, 0.3) is 0 Å². The van der Waals surface area contributed by atoms with Crippen molar-refractivity contribution in [1.29, 1.82) is 0 Å². The summed E-state index contributed by atoms with van der Waals surface area (Å²) >= 11 is 5.86. The number of rotatable bonds is 5. The molecule has 0 saturated carbocycles. The summed E-state index contributed by atoms with van der Waals surface area (Å²) in [6.07, 6.45) is 1.01. The van der Waals surface area contributed by atoms with Crippen molar-refractivity contribution in [3.63, 3.8) is 0 Å². The average Bonchev–Trinajstić information content (AvgIpc) is 2.47. The Morgan fingerprint density at radius 1 is 1.24 bits per heavy atom. The highest BCUT2D eigenvalue weighted by molar-refractivity contribution is 6.31. The Balaban J connectivity index is 2.45. The van der Waals surface area contributed by atoms with Crippen LogP contribution in [0.1, 0.15) is 38.9 Å². The minimum Gasteiger partial charge on any atom is -0.370 e. The quantitative estimate of drug-likeness (QED) is 0.855. The zero-order valence-electron chi connectivity index (χ0n) is 12.5. The lowest BCUT2D eigenvalue weighted by molar-refractivity contribution is 0.628. The van der Waals surface area contributed by atoms with E-state index in [0.717, 1.165) is 35.9 Å². The first-order chi connectivity index (χ1) is 10.0. The highest BCUT2D eigenvalue weighted by Gasteiger charge is 2.11. The molecular weight excluding hydrogens is 289 g/mol. The topological polar surface area (TPSA) is 37.8 Å². The van der Waals surface area contributed by atoms with Crippen molar-refractivity contribution in [2.45, 2.75) is 33.1 Å². The van der Waals surface area contributed by atoms with Crippen LogP contribution in [-0.4, -0.2) is 16.5 Å². The van der Waals surface area contributed by atoms with E-state index < -0.39 is 5.82 Å². The molecule has 0 fully saturated rings. The molecule has 0 aliphatic heterocycles. The molecular formula is C16H19ClFN3. The number of halogens is 2. The summed E-state index contributed by atoms with van der Waals surface area (Å²) in [5.74, 6) is 1.32. The minimum atomic E-state index is -0.428. The summed E-state index contributed by atoms with van der Waals surface area (Å²) < 4.78 is 13.3. The Labute approximate surface area is 129 Å². The number of nitrogens with one attached hydrogen (secondary N) is 1. The van der Waals surface area contributed by atoms with Crippen LogP contribution >= 0.6 is 11.6 Å². The van der Waals surface area contributed by atoms with Gasteiger partial charge in [-0.3, -0.25) is 0 Å². The van der Waals surface area contributed by atoms with Crippen LogP contribution in [-0.2, 0) is 0 Å². The fraction of sp³-hybridized carbons (Fsp3) is 0.375. The van der Waals surface area contributed by atoms with Crippen molar-refractivity contribution in [3.05, 3.63) is 40.9 Å². The molecule has 2 rings (SSSR count). The monoisotopic (exact) mass is 307 g/mol. The lowest BCUT2D eigenvalue weighted by Gasteiger charge is -2.11. The third kappa shape index (κ3) is 3.91. The zero-order valence-corrected chi connectivity index (χ0v) is 13.2. The van der Waals surface area contributed by atoms with E-state index in [-0.39, 0.29) is 10.9 Å². The molecule has 0 unspecified atom stereocenters. The maximum absolute atomic E-state index is 13.3. The zero-order chi connectivity index (χ0) is 15.4. The summed E-state index contributed by atoms with van der Waals surface area (Å²) in [7, 11) is 0. The van der Waals surface area contributed by atoms with Crippen LogP contribution in [0, 0.1) is 5.82 Å². The second-order valence-corrected chi connectivity index (χ2v) is 5.61. The van der Waals surface area contributed by atoms with E-state index in [2.05, 4.69) is 22.2 Å². The predicted octanol–water partition coefficient (Wildman–Crippen LogP) is 4.88. The van der Waals surface area contributed by atoms with Gasteiger partial charge in [0.15, 0.2) is 0 Å². The number of nitrogens with zero attached hydrogens (tertiary/aromatic N) is 2. The second-order valence-electron chi connectivity index (χ2n) is 5.21. The first kappa shape index (κ1) is 15.7. The van der Waals surface area contributed by atoms with E-state index in [9.17, 15) is 4.39 Å². The largest absolute Gasteiger partial charge is 0.370 e. The van der Waals surface area contributed by atoms with Gasteiger partial charge >= 0.3 is 0 Å². The van der Waals surface area contributed by atoms with Crippen LogP contribution in [0.4, 0.5) is 10.2 Å². The summed E-state index contributed by atoms with van der Waals surface area (Å²) in [6, 6.07) is 6.49.